The lowest BCUT2D eigenvalue weighted by atomic mass is 9.67. The first-order valence-electron chi connectivity index (χ1n) is 20.3. The molecular formula is C52H60N2. The molecule has 4 heterocycles. The van der Waals surface area contributed by atoms with Crippen molar-refractivity contribution in [1.29, 1.82) is 0 Å². The molecule has 0 saturated carbocycles. The van der Waals surface area contributed by atoms with Crippen LogP contribution in [0.4, 0.5) is 0 Å². The van der Waals surface area contributed by atoms with Crippen LogP contribution in [0.1, 0.15) is 155 Å². The molecule has 0 atom stereocenters. The molecule has 2 aliphatic rings. The van der Waals surface area contributed by atoms with Gasteiger partial charge in [-0.3, -0.25) is 0 Å². The summed E-state index contributed by atoms with van der Waals surface area (Å²) in [6.45, 7) is 38.2. The van der Waals surface area contributed by atoms with E-state index in [1.54, 1.807) is 0 Å². The molecule has 0 bridgehead atoms. The summed E-state index contributed by atoms with van der Waals surface area (Å²) in [7, 11) is 0. The largest absolute Gasteiger partial charge is 0.309 e. The molecule has 0 spiro atoms. The average molecular weight is 713 g/mol. The van der Waals surface area contributed by atoms with Gasteiger partial charge in [-0.05, 0) is 103 Å². The Morgan fingerprint density at radius 1 is 0.389 bits per heavy atom. The summed E-state index contributed by atoms with van der Waals surface area (Å²) in [5.74, 6) is 0. The van der Waals surface area contributed by atoms with Gasteiger partial charge in [0.1, 0.15) is 0 Å². The molecule has 0 unspecified atom stereocenters. The van der Waals surface area contributed by atoms with E-state index in [1.165, 1.54) is 99.5 Å². The minimum atomic E-state index is -0.262. The van der Waals surface area contributed by atoms with Crippen molar-refractivity contribution in [2.45, 2.75) is 143 Å². The fourth-order valence-electron chi connectivity index (χ4n) is 10.1. The Bertz CT molecular complexity index is 2580. The minimum Gasteiger partial charge on any atom is -0.309 e. The first-order chi connectivity index (χ1) is 24.8. The average Bonchev–Trinajstić information content (AvgIpc) is 3.57. The maximum atomic E-state index is 2.67. The van der Waals surface area contributed by atoms with Crippen LogP contribution in [0.2, 0.25) is 0 Å². The number of hydrogen-bond donors (Lipinski definition) is 0. The predicted octanol–water partition coefficient (Wildman–Crippen LogP) is 14.3. The molecule has 0 saturated heterocycles. The molecule has 9 rings (SSSR count). The van der Waals surface area contributed by atoms with Gasteiger partial charge in [0.05, 0.1) is 33.4 Å². The minimum absolute atomic E-state index is 0.0216. The summed E-state index contributed by atoms with van der Waals surface area (Å²) in [5, 5.41) is 5.59. The summed E-state index contributed by atoms with van der Waals surface area (Å²) in [6, 6.07) is 29.5. The normalized spacial score (nSPS) is 16.4. The Morgan fingerprint density at radius 2 is 0.685 bits per heavy atom. The molecular weight excluding hydrogens is 653 g/mol. The van der Waals surface area contributed by atoms with Crippen molar-refractivity contribution in [1.82, 2.24) is 9.13 Å². The zero-order valence-electron chi connectivity index (χ0n) is 35.8. The Labute approximate surface area is 323 Å². The van der Waals surface area contributed by atoms with Crippen LogP contribution in [0.3, 0.4) is 0 Å². The van der Waals surface area contributed by atoms with Crippen molar-refractivity contribution >= 4 is 43.6 Å². The highest BCUT2D eigenvalue weighted by atomic mass is 15.0. The zero-order chi connectivity index (χ0) is 39.0. The van der Waals surface area contributed by atoms with Crippen molar-refractivity contribution in [2.24, 2.45) is 0 Å². The molecule has 5 aromatic carbocycles. The van der Waals surface area contributed by atoms with Crippen LogP contribution in [0.25, 0.3) is 55.0 Å². The maximum absolute atomic E-state index is 2.67. The van der Waals surface area contributed by atoms with Gasteiger partial charge >= 0.3 is 0 Å². The molecule has 2 heteroatoms. The first kappa shape index (κ1) is 35.4. The van der Waals surface area contributed by atoms with Crippen LogP contribution in [0.5, 0.6) is 0 Å². The topological polar surface area (TPSA) is 9.86 Å². The maximum Gasteiger partial charge on any atom is 0.0592 e. The predicted molar refractivity (Wildman–Crippen MR) is 234 cm³/mol. The van der Waals surface area contributed by atoms with E-state index in [4.69, 9.17) is 0 Å². The molecule has 0 aliphatic carbocycles. The van der Waals surface area contributed by atoms with Crippen molar-refractivity contribution in [2.75, 3.05) is 0 Å². The van der Waals surface area contributed by atoms with Gasteiger partial charge in [-0.2, -0.15) is 0 Å². The molecule has 2 nitrogen and oxygen atoms in total. The van der Waals surface area contributed by atoms with Gasteiger partial charge in [0.2, 0.25) is 0 Å². The monoisotopic (exact) mass is 712 g/mol. The summed E-state index contributed by atoms with van der Waals surface area (Å²) >= 11 is 0. The van der Waals surface area contributed by atoms with Gasteiger partial charge < -0.3 is 9.13 Å². The third kappa shape index (κ3) is 4.52. The summed E-state index contributed by atoms with van der Waals surface area (Å²) < 4.78 is 5.34. The smallest absolute Gasteiger partial charge is 0.0592 e. The number of hydrogen-bond acceptors (Lipinski definition) is 0. The number of aromatic nitrogens is 2. The van der Waals surface area contributed by atoms with Crippen LogP contribution >= 0.6 is 0 Å². The van der Waals surface area contributed by atoms with Gasteiger partial charge in [0.25, 0.3) is 0 Å². The van der Waals surface area contributed by atoms with Gasteiger partial charge in [-0.25, -0.2) is 0 Å². The van der Waals surface area contributed by atoms with Crippen LogP contribution in [-0.2, 0) is 32.5 Å². The van der Waals surface area contributed by atoms with Crippen molar-refractivity contribution in [3.63, 3.8) is 0 Å². The lowest BCUT2D eigenvalue weighted by molar-refractivity contribution is 0.578. The zero-order valence-corrected chi connectivity index (χ0v) is 35.8. The van der Waals surface area contributed by atoms with E-state index in [9.17, 15) is 0 Å². The first-order valence-corrected chi connectivity index (χ1v) is 20.3. The van der Waals surface area contributed by atoms with E-state index in [0.717, 1.165) is 0 Å². The number of fused-ring (bicyclic) bond motifs is 12. The lowest BCUT2D eigenvalue weighted by Gasteiger charge is -2.40. The fourth-order valence-corrected chi connectivity index (χ4v) is 10.1. The lowest BCUT2D eigenvalue weighted by Crippen LogP contribution is -2.31. The summed E-state index contributed by atoms with van der Waals surface area (Å²) in [6.07, 6.45) is 0. The van der Waals surface area contributed by atoms with Gasteiger partial charge in [-0.1, -0.05) is 147 Å². The van der Waals surface area contributed by atoms with Crippen LogP contribution in [0.15, 0.2) is 72.8 Å². The van der Waals surface area contributed by atoms with Crippen LogP contribution < -0.4 is 0 Å². The second-order valence-corrected chi connectivity index (χ2v) is 22.0. The molecule has 54 heavy (non-hydrogen) atoms. The second kappa shape index (κ2) is 10.3. The van der Waals surface area contributed by atoms with Crippen LogP contribution in [-0.4, -0.2) is 9.13 Å². The van der Waals surface area contributed by atoms with Gasteiger partial charge in [0, 0.05) is 32.4 Å². The highest BCUT2D eigenvalue weighted by Gasteiger charge is 2.45. The summed E-state index contributed by atoms with van der Waals surface area (Å²) in [5.41, 5.74) is 18.9. The SMILES string of the molecule is CC(C)(C)c1ccc2c(c1)C(C)(C)c1c3c4cc(C(C)(C)C)ccc4n4c3c(c3c5cc(C(C)(C)C)ccc5n-2c13)C(C)(C)c1cc(C(C)(C)C)ccc1-4. The Hall–Kier alpha value is -4.30. The molecule has 0 fully saturated rings. The molecule has 278 valence electrons. The molecule has 2 aromatic heterocycles. The van der Waals surface area contributed by atoms with Gasteiger partial charge in [-0.15, -0.1) is 0 Å². The Balaban J connectivity index is 1.62. The van der Waals surface area contributed by atoms with Crippen molar-refractivity contribution < 1.29 is 0 Å². The number of benzene rings is 5. The number of nitrogens with zero attached hydrogens (tertiary/aromatic N) is 2. The van der Waals surface area contributed by atoms with Gasteiger partial charge in [0.15, 0.2) is 0 Å². The van der Waals surface area contributed by atoms with E-state index in [0.29, 0.717) is 0 Å². The third-order valence-corrected chi connectivity index (χ3v) is 13.4. The highest BCUT2D eigenvalue weighted by Crippen LogP contribution is 2.59. The molecule has 2 aliphatic heterocycles. The van der Waals surface area contributed by atoms with E-state index in [1.807, 2.05) is 0 Å². The van der Waals surface area contributed by atoms with Crippen molar-refractivity contribution in [3.8, 4) is 11.4 Å². The standard InChI is InChI=1S/C52H60N2/c1-47(2,3)29-17-21-37-33(25-29)41-43-46-42(44-45(41)53(37)39-23-19-31(49(7,8)9)27-35(39)52(44,15)16)34-26-30(48(4,5)6)18-22-38(34)54(46)40-24-20-32(50(10,11)12)28-36(40)51(43,13)14/h17-28H,1-16H3. The van der Waals surface area contributed by atoms with E-state index < -0.39 is 0 Å². The third-order valence-electron chi connectivity index (χ3n) is 13.4. The molecule has 0 radical (unpaired) electrons. The fraction of sp³-hybridized carbons (Fsp3) is 0.423. The van der Waals surface area contributed by atoms with Crippen molar-refractivity contribution in [3.05, 3.63) is 117 Å². The van der Waals surface area contributed by atoms with E-state index >= 15 is 0 Å². The van der Waals surface area contributed by atoms with Crippen LogP contribution in [0, 0.1) is 0 Å². The Morgan fingerprint density at radius 3 is 1.00 bits per heavy atom. The Kier molecular flexibility index (Phi) is 6.76. The summed E-state index contributed by atoms with van der Waals surface area (Å²) in [4.78, 5) is 0. The van der Waals surface area contributed by atoms with E-state index in [2.05, 4.69) is 193 Å². The molecule has 0 amide bonds. The highest BCUT2D eigenvalue weighted by molar-refractivity contribution is 6.26. The molecule has 7 aromatic rings. The van der Waals surface area contributed by atoms with E-state index in [-0.39, 0.29) is 32.5 Å². The number of rotatable bonds is 0. The molecule has 0 N–H and O–H groups in total. The quantitative estimate of drug-likeness (QED) is 0.148. The second-order valence-electron chi connectivity index (χ2n) is 22.0.